The first-order chi connectivity index (χ1) is 8.58. The van der Waals surface area contributed by atoms with Crippen molar-refractivity contribution in [2.45, 2.75) is 31.7 Å². The van der Waals surface area contributed by atoms with Crippen LogP contribution in [0.15, 0.2) is 18.2 Å². The molecule has 4 nitrogen and oxygen atoms in total. The van der Waals surface area contributed by atoms with Gasteiger partial charge in [0.1, 0.15) is 0 Å². The monoisotopic (exact) mass is 248 g/mol. The molecular formula is C14H20N2O2. The van der Waals surface area contributed by atoms with E-state index in [0.717, 1.165) is 24.9 Å². The second kappa shape index (κ2) is 5.40. The average molecular weight is 248 g/mol. The average Bonchev–Trinajstić information content (AvgIpc) is 2.35. The van der Waals surface area contributed by atoms with Gasteiger partial charge in [0.2, 0.25) is 0 Å². The molecule has 0 spiro atoms. The Morgan fingerprint density at radius 1 is 1.56 bits per heavy atom. The maximum Gasteiger partial charge on any atom is 0.303 e. The third kappa shape index (κ3) is 2.82. The number of carboxylic acids is 1. The fourth-order valence-electron chi connectivity index (χ4n) is 2.48. The van der Waals surface area contributed by atoms with E-state index in [-0.39, 0.29) is 12.5 Å². The van der Waals surface area contributed by atoms with E-state index in [1.807, 2.05) is 6.07 Å². The van der Waals surface area contributed by atoms with Crippen LogP contribution >= 0.6 is 0 Å². The highest BCUT2D eigenvalue weighted by molar-refractivity contribution is 5.66. The van der Waals surface area contributed by atoms with E-state index in [1.54, 1.807) is 0 Å². The van der Waals surface area contributed by atoms with Gasteiger partial charge in [0.05, 0.1) is 0 Å². The van der Waals surface area contributed by atoms with Gasteiger partial charge in [0.25, 0.3) is 0 Å². The highest BCUT2D eigenvalue weighted by atomic mass is 16.4. The molecule has 3 N–H and O–H groups in total. The second-order valence-electron chi connectivity index (χ2n) is 4.95. The number of nitrogens with two attached hydrogens (primary N) is 1. The van der Waals surface area contributed by atoms with Gasteiger partial charge in [-0.2, -0.15) is 0 Å². The Hall–Kier alpha value is -1.55. The fourth-order valence-corrected chi connectivity index (χ4v) is 2.48. The van der Waals surface area contributed by atoms with Gasteiger partial charge in [-0.15, -0.1) is 0 Å². The number of fused-ring (bicyclic) bond motifs is 1. The third-order valence-corrected chi connectivity index (χ3v) is 3.55. The van der Waals surface area contributed by atoms with Crippen molar-refractivity contribution >= 4 is 11.7 Å². The number of carbonyl (C=O) groups is 1. The number of carboxylic acid groups (broad SMARTS) is 1. The number of hydrogen-bond donors (Lipinski definition) is 2. The SMILES string of the molecule is CN1CCCc2cc(C(N)CCC(=O)O)ccc21. The zero-order chi connectivity index (χ0) is 13.1. The van der Waals surface area contributed by atoms with Gasteiger partial charge in [0.15, 0.2) is 0 Å². The zero-order valence-electron chi connectivity index (χ0n) is 10.7. The third-order valence-electron chi connectivity index (χ3n) is 3.55. The highest BCUT2D eigenvalue weighted by Crippen LogP contribution is 2.29. The molecule has 0 amide bonds. The molecule has 1 heterocycles. The minimum atomic E-state index is -0.789. The van der Waals surface area contributed by atoms with Crippen LogP contribution in [0.1, 0.15) is 36.4 Å². The number of anilines is 1. The number of benzene rings is 1. The molecule has 0 bridgehead atoms. The highest BCUT2D eigenvalue weighted by Gasteiger charge is 2.16. The summed E-state index contributed by atoms with van der Waals surface area (Å²) in [5.74, 6) is -0.789. The predicted octanol–water partition coefficient (Wildman–Crippen LogP) is 1.93. The second-order valence-corrected chi connectivity index (χ2v) is 4.95. The molecule has 1 aliphatic heterocycles. The largest absolute Gasteiger partial charge is 0.481 e. The van der Waals surface area contributed by atoms with Gasteiger partial charge in [-0.25, -0.2) is 0 Å². The normalized spacial score (nSPS) is 16.2. The Kier molecular flexibility index (Phi) is 3.87. The van der Waals surface area contributed by atoms with Crippen molar-refractivity contribution in [1.29, 1.82) is 0 Å². The molecule has 0 fully saturated rings. The summed E-state index contributed by atoms with van der Waals surface area (Å²) >= 11 is 0. The quantitative estimate of drug-likeness (QED) is 0.854. The van der Waals surface area contributed by atoms with Crippen LogP contribution in [0.5, 0.6) is 0 Å². The molecule has 0 radical (unpaired) electrons. The zero-order valence-corrected chi connectivity index (χ0v) is 10.7. The van der Waals surface area contributed by atoms with E-state index < -0.39 is 5.97 Å². The number of rotatable bonds is 4. The van der Waals surface area contributed by atoms with E-state index >= 15 is 0 Å². The Morgan fingerprint density at radius 2 is 2.33 bits per heavy atom. The van der Waals surface area contributed by atoms with Gasteiger partial charge in [0, 0.05) is 31.7 Å². The van der Waals surface area contributed by atoms with Crippen LogP contribution in [-0.2, 0) is 11.2 Å². The molecule has 0 saturated heterocycles. The smallest absolute Gasteiger partial charge is 0.303 e. The van der Waals surface area contributed by atoms with Gasteiger partial charge >= 0.3 is 5.97 Å². The van der Waals surface area contributed by atoms with Crippen LogP contribution in [-0.4, -0.2) is 24.7 Å². The first-order valence-corrected chi connectivity index (χ1v) is 6.39. The van der Waals surface area contributed by atoms with Crippen molar-refractivity contribution in [2.75, 3.05) is 18.5 Å². The molecule has 98 valence electrons. The van der Waals surface area contributed by atoms with Crippen LogP contribution in [0.2, 0.25) is 0 Å². The molecule has 1 atom stereocenters. The number of hydrogen-bond acceptors (Lipinski definition) is 3. The lowest BCUT2D eigenvalue weighted by Crippen LogP contribution is -2.25. The molecule has 1 aromatic rings. The van der Waals surface area contributed by atoms with E-state index in [2.05, 4.69) is 24.1 Å². The molecule has 1 unspecified atom stereocenters. The minimum absolute atomic E-state index is 0.123. The first kappa shape index (κ1) is 12.9. The van der Waals surface area contributed by atoms with Crippen molar-refractivity contribution in [3.8, 4) is 0 Å². The summed E-state index contributed by atoms with van der Waals surface area (Å²) in [5, 5.41) is 8.67. The van der Waals surface area contributed by atoms with Gasteiger partial charge in [-0.05, 0) is 36.5 Å². The summed E-state index contributed by atoms with van der Waals surface area (Å²) in [5.41, 5.74) is 9.68. The van der Waals surface area contributed by atoms with Crippen molar-refractivity contribution in [1.82, 2.24) is 0 Å². The van der Waals surface area contributed by atoms with Crippen molar-refractivity contribution < 1.29 is 9.90 Å². The van der Waals surface area contributed by atoms with E-state index in [1.165, 1.54) is 11.3 Å². The molecule has 0 aromatic heterocycles. The number of aryl methyl sites for hydroxylation is 1. The molecule has 0 saturated carbocycles. The molecule has 0 aliphatic carbocycles. The van der Waals surface area contributed by atoms with E-state index in [9.17, 15) is 4.79 Å². The summed E-state index contributed by atoms with van der Waals surface area (Å²) in [6.45, 7) is 1.09. The Labute approximate surface area is 107 Å². The summed E-state index contributed by atoms with van der Waals surface area (Å²) in [6.07, 6.45) is 2.86. The predicted molar refractivity (Wildman–Crippen MR) is 71.8 cm³/mol. The Balaban J connectivity index is 2.12. The van der Waals surface area contributed by atoms with Crippen molar-refractivity contribution in [3.05, 3.63) is 29.3 Å². The van der Waals surface area contributed by atoms with Crippen LogP contribution in [0, 0.1) is 0 Å². The van der Waals surface area contributed by atoms with Gasteiger partial charge in [-0.3, -0.25) is 4.79 Å². The Morgan fingerprint density at radius 3 is 3.06 bits per heavy atom. The molecule has 18 heavy (non-hydrogen) atoms. The lowest BCUT2D eigenvalue weighted by molar-refractivity contribution is -0.137. The lowest BCUT2D eigenvalue weighted by Gasteiger charge is -2.28. The number of nitrogens with zero attached hydrogens (tertiary/aromatic N) is 1. The summed E-state index contributed by atoms with van der Waals surface area (Å²) in [6, 6.07) is 6.08. The van der Waals surface area contributed by atoms with Crippen LogP contribution < -0.4 is 10.6 Å². The van der Waals surface area contributed by atoms with Crippen LogP contribution in [0.4, 0.5) is 5.69 Å². The summed E-state index contributed by atoms with van der Waals surface area (Å²) in [4.78, 5) is 12.8. The minimum Gasteiger partial charge on any atom is -0.481 e. The molecule has 2 rings (SSSR count). The topological polar surface area (TPSA) is 66.6 Å². The van der Waals surface area contributed by atoms with E-state index in [0.29, 0.717) is 6.42 Å². The number of aliphatic carboxylic acids is 1. The van der Waals surface area contributed by atoms with Crippen LogP contribution in [0.25, 0.3) is 0 Å². The first-order valence-electron chi connectivity index (χ1n) is 6.39. The molecular weight excluding hydrogens is 228 g/mol. The molecule has 1 aliphatic rings. The Bertz CT molecular complexity index is 445. The summed E-state index contributed by atoms with van der Waals surface area (Å²) < 4.78 is 0. The lowest BCUT2D eigenvalue weighted by atomic mass is 9.95. The maximum absolute atomic E-state index is 10.5. The summed E-state index contributed by atoms with van der Waals surface area (Å²) in [7, 11) is 2.10. The van der Waals surface area contributed by atoms with Crippen molar-refractivity contribution in [2.24, 2.45) is 5.73 Å². The van der Waals surface area contributed by atoms with Gasteiger partial charge in [-0.1, -0.05) is 12.1 Å². The fraction of sp³-hybridized carbons (Fsp3) is 0.500. The molecule has 1 aromatic carbocycles. The maximum atomic E-state index is 10.5. The van der Waals surface area contributed by atoms with Crippen molar-refractivity contribution in [3.63, 3.8) is 0 Å². The van der Waals surface area contributed by atoms with Gasteiger partial charge < -0.3 is 15.7 Å². The van der Waals surface area contributed by atoms with Crippen LogP contribution in [0.3, 0.4) is 0 Å². The molecule has 4 heteroatoms. The standard InChI is InChI=1S/C14H20N2O2/c1-16-8-2-3-11-9-10(4-6-13(11)16)12(15)5-7-14(17)18/h4,6,9,12H,2-3,5,7-8,15H2,1H3,(H,17,18). The van der Waals surface area contributed by atoms with E-state index in [4.69, 9.17) is 10.8 Å².